The van der Waals surface area contributed by atoms with Gasteiger partial charge in [0.1, 0.15) is 6.23 Å². The Bertz CT molecular complexity index is 1130. The van der Waals surface area contributed by atoms with Crippen molar-refractivity contribution in [3.8, 4) is 0 Å². The summed E-state index contributed by atoms with van der Waals surface area (Å²) in [4.78, 5) is 41.7. The maximum Gasteiger partial charge on any atom is 0.309 e. The number of para-hydroxylation sites is 1. The molecule has 3 amide bonds. The maximum absolute atomic E-state index is 12.7. The number of benzene rings is 2. The summed E-state index contributed by atoms with van der Waals surface area (Å²) in [5.74, 6) is -1.71. The van der Waals surface area contributed by atoms with Gasteiger partial charge >= 0.3 is 11.8 Å². The number of hydrogen-bond acceptors (Lipinski definition) is 4. The molecule has 32 heavy (non-hydrogen) atoms. The average molecular weight is 455 g/mol. The number of ether oxygens (including phenoxy) is 1. The monoisotopic (exact) mass is 454 g/mol. The smallest absolute Gasteiger partial charge is 0.309 e. The highest BCUT2D eigenvalue weighted by Gasteiger charge is 2.31. The third-order valence-corrected chi connectivity index (χ3v) is 5.59. The van der Waals surface area contributed by atoms with E-state index in [0.717, 1.165) is 16.5 Å². The molecule has 2 heterocycles. The first-order valence-electron chi connectivity index (χ1n) is 10.3. The number of amides is 3. The SMILES string of the molecule is O=C(NCCc1c[nH]c2ccccc12)C(=O)NC[C@@H]1OCCN1C(=O)c1ccc(Cl)cc1. The molecule has 9 heteroatoms. The van der Waals surface area contributed by atoms with E-state index < -0.39 is 18.0 Å². The van der Waals surface area contributed by atoms with Crippen molar-refractivity contribution in [1.82, 2.24) is 20.5 Å². The van der Waals surface area contributed by atoms with Gasteiger partial charge < -0.3 is 25.3 Å². The second-order valence-corrected chi connectivity index (χ2v) is 7.84. The van der Waals surface area contributed by atoms with Crippen LogP contribution in [0.25, 0.3) is 10.9 Å². The van der Waals surface area contributed by atoms with Gasteiger partial charge in [0.15, 0.2) is 0 Å². The molecule has 1 saturated heterocycles. The molecule has 0 radical (unpaired) electrons. The summed E-state index contributed by atoms with van der Waals surface area (Å²) in [6, 6.07) is 14.5. The Balaban J connectivity index is 1.24. The van der Waals surface area contributed by atoms with Crippen molar-refractivity contribution in [2.45, 2.75) is 12.6 Å². The van der Waals surface area contributed by atoms with Gasteiger partial charge in [-0.15, -0.1) is 0 Å². The molecule has 1 aliphatic rings. The van der Waals surface area contributed by atoms with Gasteiger partial charge in [-0.05, 0) is 42.3 Å². The predicted molar refractivity (Wildman–Crippen MR) is 120 cm³/mol. The van der Waals surface area contributed by atoms with Crippen molar-refractivity contribution < 1.29 is 19.1 Å². The molecule has 4 rings (SSSR count). The first-order valence-corrected chi connectivity index (χ1v) is 10.7. The van der Waals surface area contributed by atoms with Gasteiger partial charge in [-0.25, -0.2) is 0 Å². The Hall–Kier alpha value is -3.36. The van der Waals surface area contributed by atoms with Gasteiger partial charge in [0.2, 0.25) is 0 Å². The molecular formula is C23H23ClN4O4. The second-order valence-electron chi connectivity index (χ2n) is 7.41. The number of aromatic nitrogens is 1. The number of aromatic amines is 1. The van der Waals surface area contributed by atoms with Crippen molar-refractivity contribution in [1.29, 1.82) is 0 Å². The number of nitrogens with zero attached hydrogens (tertiary/aromatic N) is 1. The Kier molecular flexibility index (Phi) is 6.72. The lowest BCUT2D eigenvalue weighted by Crippen LogP contribution is -2.47. The number of fused-ring (bicyclic) bond motifs is 1. The molecule has 166 valence electrons. The molecule has 1 aliphatic heterocycles. The molecule has 8 nitrogen and oxygen atoms in total. The number of carbonyl (C=O) groups excluding carboxylic acids is 3. The third kappa shape index (κ3) is 4.92. The predicted octanol–water partition coefficient (Wildman–Crippen LogP) is 2.09. The van der Waals surface area contributed by atoms with E-state index in [1.165, 1.54) is 4.90 Å². The quantitative estimate of drug-likeness (QED) is 0.496. The van der Waals surface area contributed by atoms with Crippen LogP contribution in [0.5, 0.6) is 0 Å². The van der Waals surface area contributed by atoms with Crippen LogP contribution < -0.4 is 10.6 Å². The van der Waals surface area contributed by atoms with E-state index in [4.69, 9.17) is 16.3 Å². The van der Waals surface area contributed by atoms with E-state index in [2.05, 4.69) is 15.6 Å². The van der Waals surface area contributed by atoms with E-state index in [1.807, 2.05) is 30.5 Å². The van der Waals surface area contributed by atoms with Crippen LogP contribution in [0, 0.1) is 0 Å². The Labute approximate surface area is 189 Å². The topological polar surface area (TPSA) is 104 Å². The summed E-state index contributed by atoms with van der Waals surface area (Å²) in [6.07, 6.45) is 1.86. The number of nitrogens with one attached hydrogen (secondary N) is 3. The van der Waals surface area contributed by atoms with Crippen LogP contribution in [0.2, 0.25) is 5.02 Å². The van der Waals surface area contributed by atoms with Crippen molar-refractivity contribution in [2.75, 3.05) is 26.2 Å². The molecule has 1 aromatic heterocycles. The fourth-order valence-corrected chi connectivity index (χ4v) is 3.80. The molecule has 1 fully saturated rings. The summed E-state index contributed by atoms with van der Waals surface area (Å²) < 4.78 is 5.56. The minimum absolute atomic E-state index is 0.0219. The second kappa shape index (κ2) is 9.84. The highest BCUT2D eigenvalue weighted by Crippen LogP contribution is 2.18. The first-order chi connectivity index (χ1) is 15.5. The molecule has 1 atom stereocenters. The third-order valence-electron chi connectivity index (χ3n) is 5.34. The summed E-state index contributed by atoms with van der Waals surface area (Å²) in [7, 11) is 0. The normalized spacial score (nSPS) is 15.7. The lowest BCUT2D eigenvalue weighted by atomic mass is 10.1. The summed E-state index contributed by atoms with van der Waals surface area (Å²) in [5, 5.41) is 6.81. The van der Waals surface area contributed by atoms with Crippen LogP contribution >= 0.6 is 11.6 Å². The molecule has 0 aliphatic carbocycles. The summed E-state index contributed by atoms with van der Waals surface area (Å²) >= 11 is 5.87. The molecule has 3 aromatic rings. The average Bonchev–Trinajstić information content (AvgIpc) is 3.44. The number of halogens is 1. The molecule has 0 unspecified atom stereocenters. The molecule has 2 aromatic carbocycles. The van der Waals surface area contributed by atoms with Crippen molar-refractivity contribution in [2.24, 2.45) is 0 Å². The van der Waals surface area contributed by atoms with E-state index in [0.29, 0.717) is 36.7 Å². The minimum atomic E-state index is -0.765. The Morgan fingerprint density at radius 2 is 1.81 bits per heavy atom. The van der Waals surface area contributed by atoms with Crippen LogP contribution in [0.3, 0.4) is 0 Å². The highest BCUT2D eigenvalue weighted by atomic mass is 35.5. The van der Waals surface area contributed by atoms with E-state index >= 15 is 0 Å². The van der Waals surface area contributed by atoms with Crippen molar-refractivity contribution >= 4 is 40.2 Å². The highest BCUT2D eigenvalue weighted by molar-refractivity contribution is 6.35. The van der Waals surface area contributed by atoms with E-state index in [-0.39, 0.29) is 12.5 Å². The van der Waals surface area contributed by atoms with Crippen LogP contribution in [-0.2, 0) is 20.7 Å². The van der Waals surface area contributed by atoms with Gasteiger partial charge in [0.05, 0.1) is 13.2 Å². The van der Waals surface area contributed by atoms with Crippen LogP contribution in [-0.4, -0.2) is 60.1 Å². The van der Waals surface area contributed by atoms with Gasteiger partial charge in [0.25, 0.3) is 5.91 Å². The minimum Gasteiger partial charge on any atom is -0.361 e. The van der Waals surface area contributed by atoms with E-state index in [9.17, 15) is 14.4 Å². The number of rotatable bonds is 6. The number of hydrogen-bond donors (Lipinski definition) is 3. The standard InChI is InChI=1S/C23H23ClN4O4/c24-17-7-5-15(6-8-17)23(31)28-11-12-32-20(28)14-27-22(30)21(29)25-10-9-16-13-26-19-4-2-1-3-18(16)19/h1-8,13,20,26H,9-12,14H2,(H,25,29)(H,27,30)/t20-/m0/s1. The maximum atomic E-state index is 12.7. The van der Waals surface area contributed by atoms with Crippen LogP contribution in [0.4, 0.5) is 0 Å². The van der Waals surface area contributed by atoms with E-state index in [1.54, 1.807) is 24.3 Å². The van der Waals surface area contributed by atoms with Crippen molar-refractivity contribution in [3.05, 3.63) is 70.9 Å². The fraction of sp³-hybridized carbons (Fsp3) is 0.261. The molecule has 0 spiro atoms. The zero-order chi connectivity index (χ0) is 22.5. The molecule has 0 bridgehead atoms. The van der Waals surface area contributed by atoms with Crippen LogP contribution in [0.15, 0.2) is 54.7 Å². The molecule has 3 N–H and O–H groups in total. The molecular weight excluding hydrogens is 432 g/mol. The van der Waals surface area contributed by atoms with Gasteiger partial charge in [-0.2, -0.15) is 0 Å². The Morgan fingerprint density at radius 1 is 1.06 bits per heavy atom. The number of H-pyrrole nitrogens is 1. The van der Waals surface area contributed by atoms with Gasteiger partial charge in [-0.3, -0.25) is 14.4 Å². The Morgan fingerprint density at radius 3 is 2.62 bits per heavy atom. The fourth-order valence-electron chi connectivity index (χ4n) is 3.67. The first kappa shape index (κ1) is 21.9. The molecule has 0 saturated carbocycles. The number of carbonyl (C=O) groups is 3. The largest absolute Gasteiger partial charge is 0.361 e. The van der Waals surface area contributed by atoms with Crippen LogP contribution in [0.1, 0.15) is 15.9 Å². The lowest BCUT2D eigenvalue weighted by Gasteiger charge is -2.23. The van der Waals surface area contributed by atoms with Crippen molar-refractivity contribution in [3.63, 3.8) is 0 Å². The van der Waals surface area contributed by atoms with Gasteiger partial charge in [-0.1, -0.05) is 29.8 Å². The lowest BCUT2D eigenvalue weighted by molar-refractivity contribution is -0.139. The zero-order valence-corrected chi connectivity index (χ0v) is 18.0. The summed E-state index contributed by atoms with van der Waals surface area (Å²) in [5.41, 5.74) is 2.57. The van der Waals surface area contributed by atoms with Gasteiger partial charge in [0, 0.05) is 40.8 Å². The zero-order valence-electron chi connectivity index (χ0n) is 17.3. The summed E-state index contributed by atoms with van der Waals surface area (Å²) in [6.45, 7) is 1.11.